The lowest BCUT2D eigenvalue weighted by Crippen LogP contribution is -2.53. The minimum Gasteiger partial charge on any atom is -0.480 e. The fourth-order valence-electron chi connectivity index (χ4n) is 3.26. The number of para-hydroxylation sites is 1. The molecule has 1 aromatic rings. The van der Waals surface area contributed by atoms with Gasteiger partial charge in [0.1, 0.15) is 5.75 Å². The quantitative estimate of drug-likeness (QED) is 0.886. The number of fused-ring (bicyclic) bond motifs is 1. The smallest absolute Gasteiger partial charge is 0.264 e. The predicted molar refractivity (Wildman–Crippen MR) is 86.8 cm³/mol. The number of ether oxygens (including phenoxy) is 1. The first-order chi connectivity index (χ1) is 10.9. The number of hydrogen-bond acceptors (Lipinski definition) is 4. The lowest BCUT2D eigenvalue weighted by molar-refractivity contribution is -0.141. The molecule has 2 heterocycles. The van der Waals surface area contributed by atoms with E-state index >= 15 is 0 Å². The summed E-state index contributed by atoms with van der Waals surface area (Å²) < 4.78 is 30.9. The van der Waals surface area contributed by atoms with E-state index in [2.05, 4.69) is 4.72 Å². The monoisotopic (exact) mass is 338 g/mol. The number of amides is 1. The maximum Gasteiger partial charge on any atom is 0.264 e. The van der Waals surface area contributed by atoms with E-state index in [1.807, 2.05) is 24.3 Å². The van der Waals surface area contributed by atoms with E-state index in [0.717, 1.165) is 36.8 Å². The Balaban J connectivity index is 1.67. The molecule has 2 aliphatic rings. The number of rotatable bonds is 4. The molecule has 0 saturated carbocycles. The molecule has 0 aliphatic carbocycles. The molecule has 0 unspecified atom stereocenters. The highest BCUT2D eigenvalue weighted by Crippen LogP contribution is 2.30. The van der Waals surface area contributed by atoms with Crippen molar-refractivity contribution in [1.29, 1.82) is 0 Å². The van der Waals surface area contributed by atoms with Crippen molar-refractivity contribution >= 4 is 15.9 Å². The molecule has 3 rings (SSSR count). The average molecular weight is 338 g/mol. The van der Waals surface area contributed by atoms with Gasteiger partial charge in [-0.3, -0.25) is 4.79 Å². The van der Waals surface area contributed by atoms with Gasteiger partial charge in [0.15, 0.2) is 6.10 Å². The molecule has 0 radical (unpaired) electrons. The largest absolute Gasteiger partial charge is 0.480 e. The topological polar surface area (TPSA) is 75.7 Å². The number of nitrogens with zero attached hydrogens (tertiary/aromatic N) is 1. The molecule has 1 aromatic carbocycles. The van der Waals surface area contributed by atoms with Crippen molar-refractivity contribution < 1.29 is 17.9 Å². The molecule has 1 saturated heterocycles. The van der Waals surface area contributed by atoms with Gasteiger partial charge in [0.2, 0.25) is 10.0 Å². The van der Waals surface area contributed by atoms with Crippen LogP contribution < -0.4 is 9.46 Å². The van der Waals surface area contributed by atoms with Crippen LogP contribution in [0.25, 0.3) is 0 Å². The number of nitrogens with one attached hydrogen (secondary N) is 1. The normalized spacial score (nSPS) is 24.1. The standard InChI is InChI=1S/C16H22N2O4S/c1-23(20,21)17-11-13-7-4-5-9-18(13)16(19)15-10-12-6-2-3-8-14(12)22-15/h2-3,6,8,13,15,17H,4-5,7,9-11H2,1H3/t13-,15-/m0/s1. The highest BCUT2D eigenvalue weighted by Gasteiger charge is 2.36. The van der Waals surface area contributed by atoms with E-state index in [1.165, 1.54) is 0 Å². The molecule has 6 nitrogen and oxygen atoms in total. The predicted octanol–water partition coefficient (Wildman–Crippen LogP) is 0.920. The number of benzene rings is 1. The molecule has 126 valence electrons. The van der Waals surface area contributed by atoms with Gasteiger partial charge in [-0.25, -0.2) is 13.1 Å². The minimum atomic E-state index is -3.25. The molecule has 0 aromatic heterocycles. The van der Waals surface area contributed by atoms with Crippen molar-refractivity contribution in [2.24, 2.45) is 0 Å². The number of sulfonamides is 1. The molecular formula is C16H22N2O4S. The van der Waals surface area contributed by atoms with Crippen molar-refractivity contribution in [2.45, 2.75) is 37.8 Å². The lowest BCUT2D eigenvalue weighted by atomic mass is 10.0. The van der Waals surface area contributed by atoms with E-state index in [-0.39, 0.29) is 18.5 Å². The van der Waals surface area contributed by atoms with E-state index in [0.29, 0.717) is 13.0 Å². The highest BCUT2D eigenvalue weighted by atomic mass is 32.2. The fourth-order valence-corrected chi connectivity index (χ4v) is 3.75. The zero-order chi connectivity index (χ0) is 16.4. The van der Waals surface area contributed by atoms with Gasteiger partial charge >= 0.3 is 0 Å². The Bertz CT molecular complexity index is 664. The zero-order valence-corrected chi connectivity index (χ0v) is 14.0. The number of carbonyl (C=O) groups excluding carboxylic acids is 1. The molecule has 7 heteroatoms. The highest BCUT2D eigenvalue weighted by molar-refractivity contribution is 7.88. The second-order valence-corrected chi connectivity index (χ2v) is 8.05. The third-order valence-electron chi connectivity index (χ3n) is 4.41. The summed E-state index contributed by atoms with van der Waals surface area (Å²) in [4.78, 5) is 14.6. The van der Waals surface area contributed by atoms with E-state index < -0.39 is 16.1 Å². The fraction of sp³-hybridized carbons (Fsp3) is 0.562. The van der Waals surface area contributed by atoms with Gasteiger partial charge in [-0.1, -0.05) is 18.2 Å². The Hall–Kier alpha value is -1.60. The molecule has 0 bridgehead atoms. The molecular weight excluding hydrogens is 316 g/mol. The summed E-state index contributed by atoms with van der Waals surface area (Å²) in [6.07, 6.45) is 3.99. The molecule has 1 amide bonds. The SMILES string of the molecule is CS(=O)(=O)NC[C@@H]1CCCCN1C(=O)[C@@H]1Cc2ccccc2O1. The molecule has 1 fully saturated rings. The van der Waals surface area contributed by atoms with Gasteiger partial charge in [-0.05, 0) is 30.9 Å². The van der Waals surface area contributed by atoms with Crippen LogP contribution in [-0.2, 0) is 21.2 Å². The Kier molecular flexibility index (Phi) is 4.59. The van der Waals surface area contributed by atoms with Crippen LogP contribution >= 0.6 is 0 Å². The zero-order valence-electron chi connectivity index (χ0n) is 13.2. The second kappa shape index (κ2) is 6.49. The van der Waals surface area contributed by atoms with Crippen LogP contribution in [0.1, 0.15) is 24.8 Å². The summed E-state index contributed by atoms with van der Waals surface area (Å²) in [6, 6.07) is 7.58. The minimum absolute atomic E-state index is 0.0406. The van der Waals surface area contributed by atoms with Crippen LogP contribution in [0.5, 0.6) is 5.75 Å². The number of likely N-dealkylation sites (tertiary alicyclic amines) is 1. The van der Waals surface area contributed by atoms with Crippen LogP contribution in [0, 0.1) is 0 Å². The lowest BCUT2D eigenvalue weighted by Gasteiger charge is -2.37. The van der Waals surface area contributed by atoms with Crippen molar-refractivity contribution in [1.82, 2.24) is 9.62 Å². The van der Waals surface area contributed by atoms with Crippen molar-refractivity contribution in [2.75, 3.05) is 19.3 Å². The average Bonchev–Trinajstić information content (AvgIpc) is 2.96. The Morgan fingerprint density at radius 3 is 2.87 bits per heavy atom. The maximum absolute atomic E-state index is 12.8. The summed E-state index contributed by atoms with van der Waals surface area (Å²) in [5, 5.41) is 0. The summed E-state index contributed by atoms with van der Waals surface area (Å²) >= 11 is 0. The summed E-state index contributed by atoms with van der Waals surface area (Å²) in [5.74, 6) is 0.731. The van der Waals surface area contributed by atoms with Gasteiger partial charge in [-0.2, -0.15) is 0 Å². The molecule has 2 aliphatic heterocycles. The molecule has 0 spiro atoms. The number of piperidine rings is 1. The van der Waals surface area contributed by atoms with Crippen LogP contribution in [0.4, 0.5) is 0 Å². The first kappa shape index (κ1) is 16.3. The summed E-state index contributed by atoms with van der Waals surface area (Å²) in [5.41, 5.74) is 1.05. The molecule has 23 heavy (non-hydrogen) atoms. The van der Waals surface area contributed by atoms with Crippen molar-refractivity contribution in [3.63, 3.8) is 0 Å². The third kappa shape index (κ3) is 3.84. The van der Waals surface area contributed by atoms with Gasteiger partial charge in [0.25, 0.3) is 5.91 Å². The van der Waals surface area contributed by atoms with Crippen molar-refractivity contribution in [3.8, 4) is 5.75 Å². The number of hydrogen-bond donors (Lipinski definition) is 1. The van der Waals surface area contributed by atoms with Gasteiger partial charge in [0, 0.05) is 25.6 Å². The Labute approximate surface area is 136 Å². The first-order valence-electron chi connectivity index (χ1n) is 7.94. The first-order valence-corrected chi connectivity index (χ1v) is 9.83. The van der Waals surface area contributed by atoms with Gasteiger partial charge in [-0.15, -0.1) is 0 Å². The number of carbonyl (C=O) groups is 1. The van der Waals surface area contributed by atoms with Crippen LogP contribution in [0.15, 0.2) is 24.3 Å². The third-order valence-corrected chi connectivity index (χ3v) is 5.10. The molecule has 2 atom stereocenters. The van der Waals surface area contributed by atoms with Crippen molar-refractivity contribution in [3.05, 3.63) is 29.8 Å². The second-order valence-electron chi connectivity index (χ2n) is 6.22. The van der Waals surface area contributed by atoms with E-state index in [4.69, 9.17) is 4.74 Å². The van der Waals surface area contributed by atoms with Crippen LogP contribution in [-0.4, -0.2) is 50.7 Å². The van der Waals surface area contributed by atoms with E-state index in [9.17, 15) is 13.2 Å². The molecule has 1 N–H and O–H groups in total. The maximum atomic E-state index is 12.8. The Morgan fingerprint density at radius 2 is 2.13 bits per heavy atom. The van der Waals surface area contributed by atoms with Crippen LogP contribution in [0.3, 0.4) is 0 Å². The van der Waals surface area contributed by atoms with Gasteiger partial charge < -0.3 is 9.64 Å². The van der Waals surface area contributed by atoms with Crippen LogP contribution in [0.2, 0.25) is 0 Å². The van der Waals surface area contributed by atoms with E-state index in [1.54, 1.807) is 4.90 Å². The Morgan fingerprint density at radius 1 is 1.35 bits per heavy atom. The van der Waals surface area contributed by atoms with Gasteiger partial charge in [0.05, 0.1) is 6.26 Å². The summed E-state index contributed by atoms with van der Waals surface area (Å²) in [7, 11) is -3.25. The summed E-state index contributed by atoms with van der Waals surface area (Å²) in [6.45, 7) is 0.926.